The molecule has 0 saturated carbocycles. The Kier molecular flexibility index (Phi) is 6.00. The van der Waals surface area contributed by atoms with Gasteiger partial charge in [0.15, 0.2) is 5.13 Å². The molecular weight excluding hydrogens is 474 g/mol. The van der Waals surface area contributed by atoms with Gasteiger partial charge in [0, 0.05) is 54.3 Å². The van der Waals surface area contributed by atoms with Gasteiger partial charge in [-0.2, -0.15) is 0 Å². The summed E-state index contributed by atoms with van der Waals surface area (Å²) in [5.74, 6) is 0.0981. The molecular formula is C27H33N5O3S. The van der Waals surface area contributed by atoms with E-state index in [9.17, 15) is 9.59 Å². The van der Waals surface area contributed by atoms with Gasteiger partial charge in [0.1, 0.15) is 4.88 Å². The van der Waals surface area contributed by atoms with Crippen molar-refractivity contribution < 1.29 is 14.3 Å². The number of nitrogens with zero attached hydrogens (tertiary/aromatic N) is 3. The Hall–Kier alpha value is -2.91. The first kappa shape index (κ1) is 23.5. The van der Waals surface area contributed by atoms with Crippen LogP contribution in [0.2, 0.25) is 0 Å². The van der Waals surface area contributed by atoms with E-state index in [0.717, 1.165) is 77.5 Å². The number of aromatic nitrogens is 2. The lowest BCUT2D eigenvalue weighted by Crippen LogP contribution is -2.48. The van der Waals surface area contributed by atoms with E-state index in [0.29, 0.717) is 13.2 Å². The van der Waals surface area contributed by atoms with Gasteiger partial charge in [-0.05, 0) is 57.2 Å². The molecule has 2 fully saturated rings. The number of likely N-dealkylation sites (tertiary alicyclic amines) is 1. The van der Waals surface area contributed by atoms with Gasteiger partial charge < -0.3 is 24.8 Å². The predicted molar refractivity (Wildman–Crippen MR) is 141 cm³/mol. The number of hydrogen-bond acceptors (Lipinski definition) is 6. The number of fused-ring (bicyclic) bond motifs is 2. The standard InChI is InChI=1S/C27H33N5O3S/c1-27(2)14-22-23(24(33)30-27)36-26(29-22)32-10-11-35-16-19(32)12-18-15-28-21-13-17(6-7-20(18)21)25(34)31-8-4-3-5-9-31/h6-7,13,15,19,28H,3-5,8-12,14,16H2,1-2H3,(H,30,33)/t19-/m0/s1. The second-order valence-electron chi connectivity index (χ2n) is 10.8. The number of carbonyl (C=O) groups is 2. The summed E-state index contributed by atoms with van der Waals surface area (Å²) in [6.45, 7) is 7.78. The lowest BCUT2D eigenvalue weighted by atomic mass is 9.94. The van der Waals surface area contributed by atoms with Gasteiger partial charge in [-0.3, -0.25) is 9.59 Å². The van der Waals surface area contributed by atoms with Crippen molar-refractivity contribution in [3.63, 3.8) is 0 Å². The zero-order chi connectivity index (χ0) is 24.9. The Morgan fingerprint density at radius 2 is 2.06 bits per heavy atom. The Bertz CT molecular complexity index is 1310. The highest BCUT2D eigenvalue weighted by Crippen LogP contribution is 2.34. The Balaban J connectivity index is 1.23. The third kappa shape index (κ3) is 4.39. The zero-order valence-electron chi connectivity index (χ0n) is 20.9. The van der Waals surface area contributed by atoms with Crippen molar-refractivity contribution in [3.05, 3.63) is 46.1 Å². The first-order chi connectivity index (χ1) is 17.4. The molecule has 5 heterocycles. The topological polar surface area (TPSA) is 90.6 Å². The van der Waals surface area contributed by atoms with Crippen molar-refractivity contribution in [1.29, 1.82) is 0 Å². The third-order valence-corrected chi connectivity index (χ3v) is 8.67. The van der Waals surface area contributed by atoms with Crippen LogP contribution in [0.5, 0.6) is 0 Å². The average Bonchev–Trinajstić information content (AvgIpc) is 3.48. The summed E-state index contributed by atoms with van der Waals surface area (Å²) < 4.78 is 5.86. The summed E-state index contributed by atoms with van der Waals surface area (Å²) >= 11 is 1.49. The normalized spacial score (nSPS) is 21.9. The van der Waals surface area contributed by atoms with Crippen LogP contribution in [-0.4, -0.2) is 71.1 Å². The van der Waals surface area contributed by atoms with Crippen molar-refractivity contribution in [2.75, 3.05) is 37.7 Å². The van der Waals surface area contributed by atoms with Crippen LogP contribution in [0.25, 0.3) is 10.9 Å². The zero-order valence-corrected chi connectivity index (χ0v) is 21.7. The molecule has 6 rings (SSSR count). The largest absolute Gasteiger partial charge is 0.377 e. The fraction of sp³-hybridized carbons (Fsp3) is 0.519. The SMILES string of the molecule is CC1(C)Cc2nc(N3CCOC[C@@H]3Cc3c[nH]c4cc(C(=O)N5CCCCC5)ccc34)sc2C(=O)N1. The number of morpholine rings is 1. The fourth-order valence-corrected chi connectivity index (χ4v) is 6.76. The number of anilines is 1. The van der Waals surface area contributed by atoms with Gasteiger partial charge in [0.05, 0.1) is 24.9 Å². The monoisotopic (exact) mass is 507 g/mol. The Morgan fingerprint density at radius 3 is 2.89 bits per heavy atom. The smallest absolute Gasteiger partial charge is 0.263 e. The minimum absolute atomic E-state index is 0.0265. The minimum atomic E-state index is -0.280. The molecule has 0 aliphatic carbocycles. The van der Waals surface area contributed by atoms with Crippen molar-refractivity contribution in [2.45, 2.75) is 57.5 Å². The average molecular weight is 508 g/mol. The van der Waals surface area contributed by atoms with E-state index in [2.05, 4.69) is 27.5 Å². The number of hydrogen-bond donors (Lipinski definition) is 2. The number of piperidine rings is 1. The molecule has 36 heavy (non-hydrogen) atoms. The highest BCUT2D eigenvalue weighted by molar-refractivity contribution is 7.17. The summed E-state index contributed by atoms with van der Waals surface area (Å²) in [6.07, 6.45) is 6.97. The number of rotatable bonds is 4. The van der Waals surface area contributed by atoms with E-state index in [1.807, 2.05) is 30.9 Å². The molecule has 0 spiro atoms. The molecule has 2 N–H and O–H groups in total. The van der Waals surface area contributed by atoms with Crippen LogP contribution in [-0.2, 0) is 17.6 Å². The maximum absolute atomic E-state index is 13.0. The summed E-state index contributed by atoms with van der Waals surface area (Å²) in [4.78, 5) is 38.9. The summed E-state index contributed by atoms with van der Waals surface area (Å²) in [5, 5.41) is 5.12. The fourth-order valence-electron chi connectivity index (χ4n) is 5.68. The lowest BCUT2D eigenvalue weighted by Gasteiger charge is -2.35. The molecule has 8 nitrogen and oxygen atoms in total. The number of nitrogens with one attached hydrogen (secondary N) is 2. The molecule has 0 bridgehead atoms. The van der Waals surface area contributed by atoms with Crippen LogP contribution in [0.1, 0.15) is 64.4 Å². The van der Waals surface area contributed by atoms with Crippen molar-refractivity contribution >= 4 is 39.2 Å². The molecule has 2 saturated heterocycles. The van der Waals surface area contributed by atoms with Gasteiger partial charge in [-0.15, -0.1) is 0 Å². The predicted octanol–water partition coefficient (Wildman–Crippen LogP) is 3.76. The number of thiazole rings is 1. The van der Waals surface area contributed by atoms with Crippen LogP contribution in [0.15, 0.2) is 24.4 Å². The second kappa shape index (κ2) is 9.19. The van der Waals surface area contributed by atoms with Gasteiger partial charge >= 0.3 is 0 Å². The number of ether oxygens (including phenoxy) is 1. The van der Waals surface area contributed by atoms with Crippen molar-refractivity contribution in [1.82, 2.24) is 20.2 Å². The molecule has 1 aromatic carbocycles. The van der Waals surface area contributed by atoms with Gasteiger partial charge in [0.2, 0.25) is 0 Å². The van der Waals surface area contributed by atoms with Crippen LogP contribution >= 0.6 is 11.3 Å². The maximum Gasteiger partial charge on any atom is 0.263 e. The van der Waals surface area contributed by atoms with Crippen LogP contribution in [0, 0.1) is 0 Å². The molecule has 3 aliphatic rings. The summed E-state index contributed by atoms with van der Waals surface area (Å²) in [6, 6.07) is 6.14. The Morgan fingerprint density at radius 1 is 1.22 bits per heavy atom. The molecule has 3 aliphatic heterocycles. The first-order valence-corrected chi connectivity index (χ1v) is 13.8. The highest BCUT2D eigenvalue weighted by Gasteiger charge is 2.35. The Labute approximate surface area is 215 Å². The first-order valence-electron chi connectivity index (χ1n) is 12.9. The second-order valence-corrected chi connectivity index (χ2v) is 11.8. The van der Waals surface area contributed by atoms with E-state index in [1.165, 1.54) is 23.3 Å². The van der Waals surface area contributed by atoms with Gasteiger partial charge in [0.25, 0.3) is 11.8 Å². The molecule has 0 unspecified atom stereocenters. The van der Waals surface area contributed by atoms with E-state index < -0.39 is 0 Å². The molecule has 0 radical (unpaired) electrons. The van der Waals surface area contributed by atoms with Crippen molar-refractivity contribution in [3.8, 4) is 0 Å². The van der Waals surface area contributed by atoms with E-state index >= 15 is 0 Å². The van der Waals surface area contributed by atoms with E-state index in [1.54, 1.807) is 0 Å². The molecule has 3 aromatic rings. The molecule has 9 heteroatoms. The highest BCUT2D eigenvalue weighted by atomic mass is 32.1. The molecule has 2 aromatic heterocycles. The van der Waals surface area contributed by atoms with Gasteiger partial charge in [-0.1, -0.05) is 17.4 Å². The van der Waals surface area contributed by atoms with Crippen molar-refractivity contribution in [2.24, 2.45) is 0 Å². The van der Waals surface area contributed by atoms with Crippen LogP contribution < -0.4 is 10.2 Å². The lowest BCUT2D eigenvalue weighted by molar-refractivity contribution is 0.0724. The molecule has 2 amide bonds. The number of amides is 2. The molecule has 190 valence electrons. The quantitative estimate of drug-likeness (QED) is 0.561. The van der Waals surface area contributed by atoms with E-state index in [-0.39, 0.29) is 23.4 Å². The van der Waals surface area contributed by atoms with Crippen LogP contribution in [0.4, 0.5) is 5.13 Å². The molecule has 1 atom stereocenters. The number of aromatic amines is 1. The van der Waals surface area contributed by atoms with Crippen LogP contribution in [0.3, 0.4) is 0 Å². The summed E-state index contributed by atoms with van der Waals surface area (Å²) in [5.41, 5.74) is 3.54. The minimum Gasteiger partial charge on any atom is -0.377 e. The van der Waals surface area contributed by atoms with E-state index in [4.69, 9.17) is 9.72 Å². The number of carbonyl (C=O) groups excluding carboxylic acids is 2. The van der Waals surface area contributed by atoms with Gasteiger partial charge in [-0.25, -0.2) is 4.98 Å². The maximum atomic E-state index is 13.0. The number of benzene rings is 1. The third-order valence-electron chi connectivity index (χ3n) is 7.54. The summed E-state index contributed by atoms with van der Waals surface area (Å²) in [7, 11) is 0. The number of H-pyrrole nitrogens is 1.